The van der Waals surface area contributed by atoms with Gasteiger partial charge in [0, 0.05) is 17.9 Å². The van der Waals surface area contributed by atoms with Gasteiger partial charge in [-0.25, -0.2) is 4.98 Å². The molecule has 0 N–H and O–H groups in total. The van der Waals surface area contributed by atoms with Gasteiger partial charge in [0.1, 0.15) is 11.6 Å². The molecule has 0 aliphatic heterocycles. The summed E-state index contributed by atoms with van der Waals surface area (Å²) in [7, 11) is 0. The minimum Gasteiger partial charge on any atom is -0.494 e. The maximum Gasteiger partial charge on any atom is 0.121 e. The molecule has 2 aromatic rings. The van der Waals surface area contributed by atoms with Crippen LogP contribution < -0.4 is 4.74 Å². The molecule has 0 spiro atoms. The van der Waals surface area contributed by atoms with Crippen LogP contribution in [0, 0.1) is 0 Å². The molecule has 0 bridgehead atoms. The topological polar surface area (TPSA) is 27.1 Å². The molecule has 1 heterocycles. The van der Waals surface area contributed by atoms with Crippen LogP contribution in [0.25, 0.3) is 11.0 Å². The van der Waals surface area contributed by atoms with Crippen LogP contribution in [-0.2, 0) is 5.75 Å². The number of aromatic nitrogens is 2. The third kappa shape index (κ3) is 2.48. The first-order chi connectivity index (χ1) is 8.67. The van der Waals surface area contributed by atoms with Gasteiger partial charge in [-0.1, -0.05) is 6.92 Å². The Morgan fingerprint density at radius 2 is 2.17 bits per heavy atom. The van der Waals surface area contributed by atoms with Gasteiger partial charge in [0.25, 0.3) is 0 Å². The molecule has 0 aliphatic carbocycles. The van der Waals surface area contributed by atoms with E-state index < -0.39 is 0 Å². The van der Waals surface area contributed by atoms with Gasteiger partial charge in [0.15, 0.2) is 0 Å². The number of rotatable bonds is 5. The number of nitrogens with zero attached hydrogens (tertiary/aromatic N) is 2. The third-order valence-electron chi connectivity index (χ3n) is 2.86. The van der Waals surface area contributed by atoms with Crippen molar-refractivity contribution in [2.24, 2.45) is 0 Å². The maximum atomic E-state index is 5.64. The van der Waals surface area contributed by atoms with E-state index in [0.29, 0.717) is 11.8 Å². The summed E-state index contributed by atoms with van der Waals surface area (Å²) < 4.78 is 7.87. The quantitative estimate of drug-likeness (QED) is 0.831. The van der Waals surface area contributed by atoms with E-state index in [2.05, 4.69) is 49.0 Å². The fourth-order valence-electron chi connectivity index (χ4n) is 2.13. The molecule has 0 saturated heterocycles. The average Bonchev–Trinajstić information content (AvgIpc) is 2.73. The summed E-state index contributed by atoms with van der Waals surface area (Å²) >= 11 is 4.35. The number of hydrogen-bond acceptors (Lipinski definition) is 3. The Morgan fingerprint density at radius 1 is 1.39 bits per heavy atom. The molecule has 0 radical (unpaired) electrons. The predicted octanol–water partition coefficient (Wildman–Crippen LogP) is 3.84. The number of benzene rings is 1. The van der Waals surface area contributed by atoms with Crippen molar-refractivity contribution < 1.29 is 4.74 Å². The highest BCUT2D eigenvalue weighted by Crippen LogP contribution is 2.25. The fourth-order valence-corrected chi connectivity index (χ4v) is 2.35. The van der Waals surface area contributed by atoms with Crippen LogP contribution in [0.2, 0.25) is 0 Å². The Labute approximate surface area is 114 Å². The number of thiol groups is 1. The lowest BCUT2D eigenvalue weighted by Gasteiger charge is -2.12. The summed E-state index contributed by atoms with van der Waals surface area (Å²) in [5.41, 5.74) is 2.14. The van der Waals surface area contributed by atoms with E-state index >= 15 is 0 Å². The normalized spacial score (nSPS) is 11.4. The van der Waals surface area contributed by atoms with Gasteiger partial charge in [0.05, 0.1) is 17.6 Å². The van der Waals surface area contributed by atoms with Crippen LogP contribution in [0.15, 0.2) is 18.2 Å². The molecule has 98 valence electrons. The van der Waals surface area contributed by atoms with E-state index in [9.17, 15) is 0 Å². The van der Waals surface area contributed by atoms with Gasteiger partial charge in [0.2, 0.25) is 0 Å². The van der Waals surface area contributed by atoms with E-state index in [1.54, 1.807) is 0 Å². The van der Waals surface area contributed by atoms with Crippen LogP contribution in [-0.4, -0.2) is 16.2 Å². The largest absolute Gasteiger partial charge is 0.494 e. The van der Waals surface area contributed by atoms with Crippen molar-refractivity contribution in [2.45, 2.75) is 39.0 Å². The summed E-state index contributed by atoms with van der Waals surface area (Å²) in [5, 5.41) is 0. The lowest BCUT2D eigenvalue weighted by atomic mass is 10.2. The van der Waals surface area contributed by atoms with Crippen LogP contribution in [0.1, 0.15) is 39.1 Å². The highest BCUT2D eigenvalue weighted by molar-refractivity contribution is 7.79. The summed E-state index contributed by atoms with van der Waals surface area (Å²) in [6, 6.07) is 6.50. The number of imidazole rings is 1. The summed E-state index contributed by atoms with van der Waals surface area (Å²) in [6.07, 6.45) is 1.01. The number of fused-ring (bicyclic) bond motifs is 1. The molecule has 0 atom stereocenters. The van der Waals surface area contributed by atoms with Gasteiger partial charge < -0.3 is 9.30 Å². The highest BCUT2D eigenvalue weighted by atomic mass is 32.1. The van der Waals surface area contributed by atoms with Crippen LogP contribution >= 0.6 is 12.6 Å². The third-order valence-corrected chi connectivity index (χ3v) is 3.15. The van der Waals surface area contributed by atoms with E-state index in [1.165, 1.54) is 0 Å². The Hall–Kier alpha value is -1.16. The van der Waals surface area contributed by atoms with Crippen molar-refractivity contribution >= 4 is 23.7 Å². The zero-order chi connectivity index (χ0) is 13.1. The second-order valence-electron chi connectivity index (χ2n) is 4.65. The second kappa shape index (κ2) is 5.65. The van der Waals surface area contributed by atoms with Crippen molar-refractivity contribution in [3.05, 3.63) is 24.0 Å². The monoisotopic (exact) mass is 264 g/mol. The number of ether oxygens (including phenoxy) is 1. The maximum absolute atomic E-state index is 5.64. The minimum absolute atomic E-state index is 0.388. The fraction of sp³-hybridized carbons (Fsp3) is 0.500. The number of hydrogen-bond donors (Lipinski definition) is 1. The zero-order valence-corrected chi connectivity index (χ0v) is 12.1. The lowest BCUT2D eigenvalue weighted by Crippen LogP contribution is -2.04. The Kier molecular flexibility index (Phi) is 4.17. The molecule has 0 fully saturated rings. The first-order valence-corrected chi connectivity index (χ1v) is 7.05. The first-order valence-electron chi connectivity index (χ1n) is 6.42. The molecule has 0 unspecified atom stereocenters. The van der Waals surface area contributed by atoms with Crippen molar-refractivity contribution in [1.82, 2.24) is 9.55 Å². The molecule has 0 saturated carbocycles. The van der Waals surface area contributed by atoms with Gasteiger partial charge in [-0.3, -0.25) is 0 Å². The molecule has 1 aromatic carbocycles. The summed E-state index contributed by atoms with van der Waals surface area (Å²) in [5.74, 6) is 2.55. The van der Waals surface area contributed by atoms with Crippen LogP contribution in [0.5, 0.6) is 5.75 Å². The van der Waals surface area contributed by atoms with Gasteiger partial charge >= 0.3 is 0 Å². The SMILES string of the molecule is CCCOc1ccc2c(c1)nc(CS)n2C(C)C. The highest BCUT2D eigenvalue weighted by Gasteiger charge is 2.12. The van der Waals surface area contributed by atoms with Crippen molar-refractivity contribution in [2.75, 3.05) is 6.61 Å². The van der Waals surface area contributed by atoms with E-state index in [4.69, 9.17) is 4.74 Å². The van der Waals surface area contributed by atoms with Gasteiger partial charge in [-0.05, 0) is 32.4 Å². The molecule has 2 rings (SSSR count). The van der Waals surface area contributed by atoms with Crippen molar-refractivity contribution in [3.8, 4) is 5.75 Å². The molecule has 4 heteroatoms. The summed E-state index contributed by atoms with van der Waals surface area (Å²) in [4.78, 5) is 4.63. The van der Waals surface area contributed by atoms with Crippen molar-refractivity contribution in [1.29, 1.82) is 0 Å². The molecular formula is C14H20N2OS. The smallest absolute Gasteiger partial charge is 0.121 e. The van der Waals surface area contributed by atoms with Crippen LogP contribution in [0.3, 0.4) is 0 Å². The molecule has 18 heavy (non-hydrogen) atoms. The Balaban J connectivity index is 2.45. The predicted molar refractivity (Wildman–Crippen MR) is 78.6 cm³/mol. The molecule has 0 amide bonds. The Morgan fingerprint density at radius 3 is 2.78 bits per heavy atom. The van der Waals surface area contributed by atoms with E-state index in [-0.39, 0.29) is 0 Å². The van der Waals surface area contributed by atoms with Crippen molar-refractivity contribution in [3.63, 3.8) is 0 Å². The van der Waals surface area contributed by atoms with E-state index in [1.807, 2.05) is 12.1 Å². The lowest BCUT2D eigenvalue weighted by molar-refractivity contribution is 0.318. The average molecular weight is 264 g/mol. The van der Waals surface area contributed by atoms with Crippen LogP contribution in [0.4, 0.5) is 0 Å². The summed E-state index contributed by atoms with van der Waals surface area (Å²) in [6.45, 7) is 7.17. The van der Waals surface area contributed by atoms with E-state index in [0.717, 1.165) is 35.6 Å². The Bertz CT molecular complexity index is 534. The molecule has 1 aromatic heterocycles. The first kappa shape index (κ1) is 13.3. The zero-order valence-electron chi connectivity index (χ0n) is 11.2. The second-order valence-corrected chi connectivity index (χ2v) is 4.97. The standard InChI is InChI=1S/C14H20N2OS/c1-4-7-17-11-5-6-13-12(8-11)15-14(9-18)16(13)10(2)3/h5-6,8,10,18H,4,7,9H2,1-3H3. The van der Waals surface area contributed by atoms with Gasteiger partial charge in [-0.2, -0.15) is 12.6 Å². The minimum atomic E-state index is 0.388. The van der Waals surface area contributed by atoms with Gasteiger partial charge in [-0.15, -0.1) is 0 Å². The molecule has 0 aliphatic rings. The molecule has 3 nitrogen and oxygen atoms in total. The molecular weight excluding hydrogens is 244 g/mol.